The summed E-state index contributed by atoms with van der Waals surface area (Å²) in [7, 11) is 0. The first kappa shape index (κ1) is 11.8. The number of hydrogen-bond donors (Lipinski definition) is 1. The molecule has 0 aromatic carbocycles. The number of unbranched alkanes of at least 4 members (excludes halogenated alkanes) is 2. The fourth-order valence-electron chi connectivity index (χ4n) is 1.25. The first-order valence-electron chi connectivity index (χ1n) is 5.52. The van der Waals surface area contributed by atoms with Crippen LogP contribution in [-0.4, -0.2) is 16.6 Å². The van der Waals surface area contributed by atoms with Crippen LogP contribution in [0.3, 0.4) is 0 Å². The van der Waals surface area contributed by atoms with Crippen molar-refractivity contribution in [1.82, 2.24) is 9.97 Å². The van der Waals surface area contributed by atoms with Crippen molar-refractivity contribution in [3.63, 3.8) is 0 Å². The fourth-order valence-corrected chi connectivity index (χ4v) is 1.25. The third-order valence-corrected chi connectivity index (χ3v) is 2.08. The van der Waals surface area contributed by atoms with Gasteiger partial charge in [0, 0.05) is 12.5 Å². The molecule has 4 heteroatoms. The minimum atomic E-state index is 0.479. The highest BCUT2D eigenvalue weighted by atomic mass is 16.5. The third-order valence-electron chi connectivity index (χ3n) is 2.08. The second kappa shape index (κ2) is 6.22. The Morgan fingerprint density at radius 1 is 1.27 bits per heavy atom. The summed E-state index contributed by atoms with van der Waals surface area (Å²) in [5, 5.41) is 0. The Hall–Kier alpha value is -1.32. The van der Waals surface area contributed by atoms with E-state index in [1.807, 2.05) is 6.92 Å². The summed E-state index contributed by atoms with van der Waals surface area (Å²) < 4.78 is 5.50. The van der Waals surface area contributed by atoms with Crippen molar-refractivity contribution in [1.29, 1.82) is 0 Å². The highest BCUT2D eigenvalue weighted by Crippen LogP contribution is 2.11. The van der Waals surface area contributed by atoms with Crippen molar-refractivity contribution < 1.29 is 4.74 Å². The van der Waals surface area contributed by atoms with E-state index in [0.29, 0.717) is 18.3 Å². The van der Waals surface area contributed by atoms with Crippen molar-refractivity contribution in [2.75, 3.05) is 12.3 Å². The van der Waals surface area contributed by atoms with Crippen molar-refractivity contribution in [2.24, 2.45) is 0 Å². The van der Waals surface area contributed by atoms with Gasteiger partial charge in [-0.25, -0.2) is 4.98 Å². The van der Waals surface area contributed by atoms with Gasteiger partial charge in [-0.3, -0.25) is 0 Å². The van der Waals surface area contributed by atoms with E-state index in [-0.39, 0.29) is 0 Å². The molecule has 0 bridgehead atoms. The van der Waals surface area contributed by atoms with Crippen LogP contribution in [-0.2, 0) is 6.42 Å². The van der Waals surface area contributed by atoms with Crippen molar-refractivity contribution in [2.45, 2.75) is 39.5 Å². The standard InChI is InChI=1S/C11H19N3O/c1-3-5-6-7-15-11-8-9(12)13-10(4-2)14-11/h8H,3-7H2,1-2H3,(H2,12,13,14). The summed E-state index contributed by atoms with van der Waals surface area (Å²) in [5.41, 5.74) is 5.63. The van der Waals surface area contributed by atoms with Gasteiger partial charge in [0.05, 0.1) is 6.61 Å². The number of nitrogens with two attached hydrogens (primary N) is 1. The molecule has 84 valence electrons. The van der Waals surface area contributed by atoms with E-state index < -0.39 is 0 Å². The molecule has 1 rings (SSSR count). The molecule has 0 spiro atoms. The maximum atomic E-state index is 5.63. The quantitative estimate of drug-likeness (QED) is 0.729. The van der Waals surface area contributed by atoms with Gasteiger partial charge in [-0.2, -0.15) is 4.98 Å². The van der Waals surface area contributed by atoms with Gasteiger partial charge in [0.2, 0.25) is 5.88 Å². The first-order valence-corrected chi connectivity index (χ1v) is 5.52. The van der Waals surface area contributed by atoms with Crippen molar-refractivity contribution >= 4 is 5.82 Å². The minimum Gasteiger partial charge on any atom is -0.478 e. The van der Waals surface area contributed by atoms with E-state index in [4.69, 9.17) is 10.5 Å². The number of nitrogen functional groups attached to an aromatic ring is 1. The predicted molar refractivity (Wildman–Crippen MR) is 60.8 cm³/mol. The molecule has 0 atom stereocenters. The van der Waals surface area contributed by atoms with E-state index in [1.54, 1.807) is 6.07 Å². The zero-order chi connectivity index (χ0) is 11.1. The highest BCUT2D eigenvalue weighted by Gasteiger charge is 2.01. The van der Waals surface area contributed by atoms with Gasteiger partial charge in [0.15, 0.2) is 0 Å². The SMILES string of the molecule is CCCCCOc1cc(N)nc(CC)n1. The molecular weight excluding hydrogens is 190 g/mol. The molecule has 1 heterocycles. The van der Waals surface area contributed by atoms with E-state index in [9.17, 15) is 0 Å². The van der Waals surface area contributed by atoms with Crippen LogP contribution in [0.4, 0.5) is 5.82 Å². The molecular formula is C11H19N3O. The Bertz CT molecular complexity index is 302. The number of aromatic nitrogens is 2. The molecule has 0 aliphatic carbocycles. The Kier molecular flexibility index (Phi) is 4.87. The van der Waals surface area contributed by atoms with Crippen LogP contribution >= 0.6 is 0 Å². The van der Waals surface area contributed by atoms with E-state index in [1.165, 1.54) is 12.8 Å². The maximum Gasteiger partial charge on any atom is 0.218 e. The molecule has 1 aromatic heterocycles. The van der Waals surface area contributed by atoms with Crippen LogP contribution in [0.1, 0.15) is 38.9 Å². The third kappa shape index (κ3) is 4.14. The Balaban J connectivity index is 2.49. The zero-order valence-electron chi connectivity index (χ0n) is 9.49. The van der Waals surface area contributed by atoms with Gasteiger partial charge in [-0.05, 0) is 6.42 Å². The van der Waals surface area contributed by atoms with Crippen LogP contribution < -0.4 is 10.5 Å². The molecule has 0 amide bonds. The lowest BCUT2D eigenvalue weighted by atomic mass is 10.3. The summed E-state index contributed by atoms with van der Waals surface area (Å²) in [5.74, 6) is 1.81. The fraction of sp³-hybridized carbons (Fsp3) is 0.636. The number of nitrogens with zero attached hydrogens (tertiary/aromatic N) is 2. The number of rotatable bonds is 6. The van der Waals surface area contributed by atoms with Gasteiger partial charge in [0.1, 0.15) is 11.6 Å². The van der Waals surface area contributed by atoms with Crippen LogP contribution in [0.25, 0.3) is 0 Å². The lowest BCUT2D eigenvalue weighted by molar-refractivity contribution is 0.293. The van der Waals surface area contributed by atoms with Crippen molar-refractivity contribution in [3.8, 4) is 5.88 Å². The Labute approximate surface area is 90.9 Å². The maximum absolute atomic E-state index is 5.63. The summed E-state index contributed by atoms with van der Waals surface area (Å²) in [6.45, 7) is 4.86. The smallest absolute Gasteiger partial charge is 0.218 e. The lowest BCUT2D eigenvalue weighted by Crippen LogP contribution is -2.04. The van der Waals surface area contributed by atoms with Crippen LogP contribution in [0.5, 0.6) is 5.88 Å². The summed E-state index contributed by atoms with van der Waals surface area (Å²) in [4.78, 5) is 8.32. The van der Waals surface area contributed by atoms with E-state index in [0.717, 1.165) is 18.7 Å². The summed E-state index contributed by atoms with van der Waals surface area (Å²) in [6, 6.07) is 1.67. The molecule has 4 nitrogen and oxygen atoms in total. The predicted octanol–water partition coefficient (Wildman–Crippen LogP) is 2.19. The Morgan fingerprint density at radius 3 is 2.73 bits per heavy atom. The van der Waals surface area contributed by atoms with Crippen LogP contribution in [0, 0.1) is 0 Å². The molecule has 1 aromatic rings. The Morgan fingerprint density at radius 2 is 2.07 bits per heavy atom. The van der Waals surface area contributed by atoms with Crippen LogP contribution in [0.2, 0.25) is 0 Å². The van der Waals surface area contributed by atoms with E-state index in [2.05, 4.69) is 16.9 Å². The molecule has 0 radical (unpaired) electrons. The second-order valence-corrected chi connectivity index (χ2v) is 3.46. The summed E-state index contributed by atoms with van der Waals surface area (Å²) >= 11 is 0. The van der Waals surface area contributed by atoms with Gasteiger partial charge < -0.3 is 10.5 Å². The molecule has 0 saturated carbocycles. The normalized spacial score (nSPS) is 10.3. The number of hydrogen-bond acceptors (Lipinski definition) is 4. The van der Waals surface area contributed by atoms with Gasteiger partial charge >= 0.3 is 0 Å². The topological polar surface area (TPSA) is 61.0 Å². The highest BCUT2D eigenvalue weighted by molar-refractivity contribution is 5.32. The van der Waals surface area contributed by atoms with Crippen LogP contribution in [0.15, 0.2) is 6.07 Å². The summed E-state index contributed by atoms with van der Waals surface area (Å²) in [6.07, 6.45) is 4.20. The number of anilines is 1. The average Bonchev–Trinajstić information content (AvgIpc) is 2.23. The molecule has 0 aliphatic rings. The lowest BCUT2D eigenvalue weighted by Gasteiger charge is -2.06. The number of ether oxygens (including phenoxy) is 1. The first-order chi connectivity index (χ1) is 7.26. The number of aryl methyl sites for hydroxylation is 1. The molecule has 0 unspecified atom stereocenters. The van der Waals surface area contributed by atoms with Gasteiger partial charge in [-0.1, -0.05) is 26.7 Å². The van der Waals surface area contributed by atoms with Gasteiger partial charge in [0.25, 0.3) is 0 Å². The second-order valence-electron chi connectivity index (χ2n) is 3.46. The van der Waals surface area contributed by atoms with E-state index >= 15 is 0 Å². The molecule has 15 heavy (non-hydrogen) atoms. The minimum absolute atomic E-state index is 0.479. The largest absolute Gasteiger partial charge is 0.478 e. The molecule has 0 fully saturated rings. The molecule has 0 saturated heterocycles. The molecule has 0 aliphatic heterocycles. The molecule has 2 N–H and O–H groups in total. The average molecular weight is 209 g/mol. The monoisotopic (exact) mass is 209 g/mol. The zero-order valence-corrected chi connectivity index (χ0v) is 9.49. The van der Waals surface area contributed by atoms with Crippen molar-refractivity contribution in [3.05, 3.63) is 11.9 Å². The van der Waals surface area contributed by atoms with Gasteiger partial charge in [-0.15, -0.1) is 0 Å².